The predicted octanol–water partition coefficient (Wildman–Crippen LogP) is -0.0289. The lowest BCUT2D eigenvalue weighted by Gasteiger charge is -2.16. The van der Waals surface area contributed by atoms with E-state index in [0.29, 0.717) is 6.04 Å². The van der Waals surface area contributed by atoms with E-state index in [1.54, 1.807) is 0 Å². The highest BCUT2D eigenvalue weighted by Crippen LogP contribution is 2.06. The van der Waals surface area contributed by atoms with E-state index in [1.807, 2.05) is 0 Å². The van der Waals surface area contributed by atoms with Crippen LogP contribution in [0.3, 0.4) is 0 Å². The molecule has 0 amide bonds. The van der Waals surface area contributed by atoms with Crippen molar-refractivity contribution < 1.29 is 0 Å². The SMILES string of the molecule is CN(C)CCCN1CCC(N)C1. The van der Waals surface area contributed by atoms with Gasteiger partial charge in [0, 0.05) is 12.6 Å². The molecular weight excluding hydrogens is 150 g/mol. The Morgan fingerprint density at radius 3 is 2.75 bits per heavy atom. The van der Waals surface area contributed by atoms with Crippen LogP contribution in [-0.4, -0.2) is 56.1 Å². The van der Waals surface area contributed by atoms with Crippen molar-refractivity contribution in [1.82, 2.24) is 9.80 Å². The van der Waals surface area contributed by atoms with Gasteiger partial charge in [0.1, 0.15) is 0 Å². The molecule has 3 heteroatoms. The molecule has 0 spiro atoms. The highest BCUT2D eigenvalue weighted by atomic mass is 15.2. The van der Waals surface area contributed by atoms with Crippen LogP contribution >= 0.6 is 0 Å². The molecule has 0 radical (unpaired) electrons. The maximum atomic E-state index is 5.80. The molecule has 0 aliphatic carbocycles. The number of nitrogens with two attached hydrogens (primary N) is 1. The lowest BCUT2D eigenvalue weighted by molar-refractivity contribution is 0.300. The monoisotopic (exact) mass is 171 g/mol. The number of hydrogen-bond acceptors (Lipinski definition) is 3. The molecule has 0 bridgehead atoms. The molecule has 0 aromatic rings. The zero-order valence-electron chi connectivity index (χ0n) is 8.29. The van der Waals surface area contributed by atoms with Gasteiger partial charge < -0.3 is 15.5 Å². The van der Waals surface area contributed by atoms with Crippen LogP contribution in [-0.2, 0) is 0 Å². The average molecular weight is 171 g/mol. The molecule has 12 heavy (non-hydrogen) atoms. The smallest absolute Gasteiger partial charge is 0.0180 e. The topological polar surface area (TPSA) is 32.5 Å². The Bertz CT molecular complexity index is 125. The van der Waals surface area contributed by atoms with Gasteiger partial charge in [-0.2, -0.15) is 0 Å². The maximum absolute atomic E-state index is 5.80. The molecular formula is C9H21N3. The summed E-state index contributed by atoms with van der Waals surface area (Å²) in [5, 5.41) is 0. The van der Waals surface area contributed by atoms with Crippen LogP contribution in [0, 0.1) is 0 Å². The third-order valence-electron chi connectivity index (χ3n) is 2.39. The molecule has 0 aromatic heterocycles. The van der Waals surface area contributed by atoms with E-state index in [9.17, 15) is 0 Å². The third kappa shape index (κ3) is 3.52. The first kappa shape index (κ1) is 9.96. The Kier molecular flexibility index (Phi) is 3.98. The number of likely N-dealkylation sites (tertiary alicyclic amines) is 1. The maximum Gasteiger partial charge on any atom is 0.0180 e. The fourth-order valence-electron chi connectivity index (χ4n) is 1.68. The molecule has 1 unspecified atom stereocenters. The van der Waals surface area contributed by atoms with E-state index in [1.165, 1.54) is 32.5 Å². The van der Waals surface area contributed by atoms with Crippen LogP contribution in [0.25, 0.3) is 0 Å². The van der Waals surface area contributed by atoms with Crippen molar-refractivity contribution in [3.8, 4) is 0 Å². The molecule has 0 saturated carbocycles. The Morgan fingerprint density at radius 1 is 1.50 bits per heavy atom. The van der Waals surface area contributed by atoms with Crippen LogP contribution in [0.4, 0.5) is 0 Å². The molecule has 3 nitrogen and oxygen atoms in total. The molecule has 1 heterocycles. The minimum absolute atomic E-state index is 0.435. The van der Waals surface area contributed by atoms with Gasteiger partial charge in [-0.3, -0.25) is 0 Å². The summed E-state index contributed by atoms with van der Waals surface area (Å²) in [5.41, 5.74) is 5.80. The van der Waals surface area contributed by atoms with Crippen LogP contribution in [0.15, 0.2) is 0 Å². The van der Waals surface area contributed by atoms with E-state index in [2.05, 4.69) is 23.9 Å². The van der Waals surface area contributed by atoms with Gasteiger partial charge >= 0.3 is 0 Å². The molecule has 0 aromatic carbocycles. The van der Waals surface area contributed by atoms with E-state index < -0.39 is 0 Å². The van der Waals surface area contributed by atoms with Gasteiger partial charge in [0.05, 0.1) is 0 Å². The molecule has 1 saturated heterocycles. The highest BCUT2D eigenvalue weighted by Gasteiger charge is 2.17. The normalized spacial score (nSPS) is 25.5. The lowest BCUT2D eigenvalue weighted by atomic mass is 10.3. The van der Waals surface area contributed by atoms with Crippen LogP contribution < -0.4 is 5.73 Å². The second kappa shape index (κ2) is 4.80. The molecule has 1 rings (SSSR count). The second-order valence-electron chi connectivity index (χ2n) is 4.01. The molecule has 1 aliphatic rings. The summed E-state index contributed by atoms with van der Waals surface area (Å²) < 4.78 is 0. The van der Waals surface area contributed by atoms with E-state index >= 15 is 0 Å². The molecule has 72 valence electrons. The fourth-order valence-corrected chi connectivity index (χ4v) is 1.68. The van der Waals surface area contributed by atoms with E-state index in [-0.39, 0.29) is 0 Å². The molecule has 2 N–H and O–H groups in total. The van der Waals surface area contributed by atoms with Crippen LogP contribution in [0.2, 0.25) is 0 Å². The highest BCUT2D eigenvalue weighted by molar-refractivity contribution is 4.77. The quantitative estimate of drug-likeness (QED) is 0.645. The van der Waals surface area contributed by atoms with Gasteiger partial charge in [0.15, 0.2) is 0 Å². The minimum atomic E-state index is 0.435. The fraction of sp³-hybridized carbons (Fsp3) is 1.00. The Morgan fingerprint density at radius 2 is 2.25 bits per heavy atom. The first-order valence-electron chi connectivity index (χ1n) is 4.81. The Hall–Kier alpha value is -0.120. The summed E-state index contributed by atoms with van der Waals surface area (Å²) >= 11 is 0. The second-order valence-corrected chi connectivity index (χ2v) is 4.01. The van der Waals surface area contributed by atoms with Crippen molar-refractivity contribution in [2.24, 2.45) is 5.73 Å². The number of rotatable bonds is 4. The van der Waals surface area contributed by atoms with E-state index in [4.69, 9.17) is 5.73 Å². The van der Waals surface area contributed by atoms with E-state index in [0.717, 1.165) is 6.54 Å². The first-order valence-corrected chi connectivity index (χ1v) is 4.81. The summed E-state index contributed by atoms with van der Waals surface area (Å²) in [6.45, 7) is 4.71. The summed E-state index contributed by atoms with van der Waals surface area (Å²) in [6, 6.07) is 0.435. The Balaban J connectivity index is 2.00. The zero-order chi connectivity index (χ0) is 8.97. The van der Waals surface area contributed by atoms with Gasteiger partial charge in [0.2, 0.25) is 0 Å². The zero-order valence-corrected chi connectivity index (χ0v) is 8.29. The number of nitrogens with zero attached hydrogens (tertiary/aromatic N) is 2. The molecule has 1 atom stereocenters. The average Bonchev–Trinajstić information content (AvgIpc) is 2.35. The summed E-state index contributed by atoms with van der Waals surface area (Å²) in [4.78, 5) is 4.70. The third-order valence-corrected chi connectivity index (χ3v) is 2.39. The van der Waals surface area contributed by atoms with Crippen molar-refractivity contribution in [3.05, 3.63) is 0 Å². The molecule has 1 fully saturated rings. The summed E-state index contributed by atoms with van der Waals surface area (Å²) in [5.74, 6) is 0. The summed E-state index contributed by atoms with van der Waals surface area (Å²) in [7, 11) is 4.24. The predicted molar refractivity (Wildman–Crippen MR) is 52.2 cm³/mol. The molecule has 1 aliphatic heterocycles. The van der Waals surface area contributed by atoms with Crippen molar-refractivity contribution in [2.45, 2.75) is 18.9 Å². The van der Waals surface area contributed by atoms with Crippen molar-refractivity contribution >= 4 is 0 Å². The summed E-state index contributed by atoms with van der Waals surface area (Å²) in [6.07, 6.45) is 2.45. The van der Waals surface area contributed by atoms with Gasteiger partial charge in [-0.25, -0.2) is 0 Å². The lowest BCUT2D eigenvalue weighted by Crippen LogP contribution is -2.28. The standard InChI is InChI=1S/C9H21N3/c1-11(2)5-3-6-12-7-4-9(10)8-12/h9H,3-8,10H2,1-2H3. The van der Waals surface area contributed by atoms with Crippen LogP contribution in [0.1, 0.15) is 12.8 Å². The Labute approximate surface area is 75.5 Å². The van der Waals surface area contributed by atoms with Crippen LogP contribution in [0.5, 0.6) is 0 Å². The largest absolute Gasteiger partial charge is 0.326 e. The van der Waals surface area contributed by atoms with Crippen molar-refractivity contribution in [2.75, 3.05) is 40.3 Å². The minimum Gasteiger partial charge on any atom is -0.326 e. The van der Waals surface area contributed by atoms with Crippen molar-refractivity contribution in [1.29, 1.82) is 0 Å². The van der Waals surface area contributed by atoms with Gasteiger partial charge in [-0.1, -0.05) is 0 Å². The van der Waals surface area contributed by atoms with Crippen molar-refractivity contribution in [3.63, 3.8) is 0 Å². The van der Waals surface area contributed by atoms with Gasteiger partial charge in [-0.15, -0.1) is 0 Å². The van der Waals surface area contributed by atoms with Gasteiger partial charge in [-0.05, 0) is 46.6 Å². The number of hydrogen-bond donors (Lipinski definition) is 1. The van der Waals surface area contributed by atoms with Gasteiger partial charge in [0.25, 0.3) is 0 Å². The first-order chi connectivity index (χ1) is 5.68.